The first-order valence-electron chi connectivity index (χ1n) is 5.88. The maximum absolute atomic E-state index is 11.5. The molecule has 0 aliphatic rings. The fraction of sp³-hybridized carbons (Fsp3) is 0.538. The first-order valence-corrected chi connectivity index (χ1v) is 5.88. The summed E-state index contributed by atoms with van der Waals surface area (Å²) in [5.74, 6) is 0.0361. The second-order valence-electron chi connectivity index (χ2n) is 5.06. The second-order valence-corrected chi connectivity index (χ2v) is 5.06. The molecule has 0 aromatic carbocycles. The van der Waals surface area contributed by atoms with Crippen molar-refractivity contribution in [2.45, 2.75) is 32.7 Å². The van der Waals surface area contributed by atoms with Crippen molar-refractivity contribution >= 4 is 5.91 Å². The molecule has 1 aromatic rings. The molecule has 0 spiro atoms. The molecule has 0 radical (unpaired) electrons. The van der Waals surface area contributed by atoms with Gasteiger partial charge in [-0.3, -0.25) is 9.78 Å². The highest BCUT2D eigenvalue weighted by atomic mass is 16.1. The Labute approximate surface area is 103 Å². The Morgan fingerprint density at radius 1 is 1.29 bits per heavy atom. The maximum atomic E-state index is 11.5. The number of rotatable bonds is 5. The average molecular weight is 235 g/mol. The van der Waals surface area contributed by atoms with Gasteiger partial charge in [-0.05, 0) is 44.9 Å². The Kier molecular flexibility index (Phi) is 5.10. The van der Waals surface area contributed by atoms with Crippen LogP contribution in [0.5, 0.6) is 0 Å². The molecule has 0 aliphatic heterocycles. The lowest BCUT2D eigenvalue weighted by Gasteiger charge is -2.19. The van der Waals surface area contributed by atoms with Crippen molar-refractivity contribution in [1.82, 2.24) is 15.6 Å². The molecule has 1 rings (SSSR count). The molecular formula is C13H21N3O. The molecule has 0 aliphatic carbocycles. The van der Waals surface area contributed by atoms with Crippen molar-refractivity contribution < 1.29 is 4.79 Å². The normalized spacial score (nSPS) is 11.2. The number of nitrogens with zero attached hydrogens (tertiary/aromatic N) is 1. The van der Waals surface area contributed by atoms with Gasteiger partial charge in [0.15, 0.2) is 0 Å². The minimum absolute atomic E-state index is 0.0254. The minimum atomic E-state index is -0.0254. The number of aromatic nitrogens is 1. The van der Waals surface area contributed by atoms with Gasteiger partial charge in [0.1, 0.15) is 0 Å². The molecule has 4 nitrogen and oxygen atoms in total. The summed E-state index contributed by atoms with van der Waals surface area (Å²) in [6.45, 7) is 7.14. The molecule has 2 N–H and O–H groups in total. The lowest BCUT2D eigenvalue weighted by atomic mass is 10.1. The fourth-order valence-corrected chi connectivity index (χ4v) is 1.30. The monoisotopic (exact) mass is 235 g/mol. The lowest BCUT2D eigenvalue weighted by Crippen LogP contribution is -2.43. The molecule has 17 heavy (non-hydrogen) atoms. The van der Waals surface area contributed by atoms with Crippen LogP contribution >= 0.6 is 0 Å². The zero-order chi connectivity index (χ0) is 12.7. The molecule has 4 heteroatoms. The van der Waals surface area contributed by atoms with Gasteiger partial charge in [-0.15, -0.1) is 0 Å². The first kappa shape index (κ1) is 13.6. The zero-order valence-corrected chi connectivity index (χ0v) is 10.8. The molecule has 0 saturated carbocycles. The quantitative estimate of drug-likeness (QED) is 0.804. The summed E-state index contributed by atoms with van der Waals surface area (Å²) >= 11 is 0. The fourth-order valence-electron chi connectivity index (χ4n) is 1.30. The van der Waals surface area contributed by atoms with Crippen molar-refractivity contribution in [1.29, 1.82) is 0 Å². The van der Waals surface area contributed by atoms with E-state index in [2.05, 4.69) is 15.6 Å². The summed E-state index contributed by atoms with van der Waals surface area (Å²) < 4.78 is 0. The van der Waals surface area contributed by atoms with Crippen LogP contribution in [0.15, 0.2) is 24.5 Å². The van der Waals surface area contributed by atoms with Gasteiger partial charge in [0, 0.05) is 24.5 Å². The number of nitrogens with one attached hydrogen (secondary N) is 2. The maximum Gasteiger partial charge on any atom is 0.233 e. The minimum Gasteiger partial charge on any atom is -0.355 e. The van der Waals surface area contributed by atoms with Crippen LogP contribution in [0.2, 0.25) is 0 Å². The zero-order valence-electron chi connectivity index (χ0n) is 10.8. The molecule has 94 valence electrons. The molecule has 0 unspecified atom stereocenters. The van der Waals surface area contributed by atoms with Crippen LogP contribution in [-0.4, -0.2) is 29.5 Å². The Bertz CT molecular complexity index is 343. The van der Waals surface area contributed by atoms with Crippen LogP contribution < -0.4 is 10.6 Å². The van der Waals surface area contributed by atoms with Crippen molar-refractivity contribution in [3.63, 3.8) is 0 Å². The topological polar surface area (TPSA) is 54.0 Å². The number of hydrogen-bond acceptors (Lipinski definition) is 3. The summed E-state index contributed by atoms with van der Waals surface area (Å²) in [5, 5.41) is 6.03. The van der Waals surface area contributed by atoms with E-state index in [1.165, 1.54) is 5.56 Å². The highest BCUT2D eigenvalue weighted by Crippen LogP contribution is 1.97. The highest BCUT2D eigenvalue weighted by Gasteiger charge is 2.10. The molecule has 1 amide bonds. The number of pyridine rings is 1. The third-order valence-electron chi connectivity index (χ3n) is 2.26. The third kappa shape index (κ3) is 6.68. The van der Waals surface area contributed by atoms with Gasteiger partial charge in [-0.25, -0.2) is 0 Å². The van der Waals surface area contributed by atoms with E-state index in [4.69, 9.17) is 0 Å². The predicted molar refractivity (Wildman–Crippen MR) is 68.7 cm³/mol. The smallest absolute Gasteiger partial charge is 0.233 e. The molecule has 0 atom stereocenters. The molecule has 0 fully saturated rings. The Morgan fingerprint density at radius 3 is 2.53 bits per heavy atom. The van der Waals surface area contributed by atoms with Crippen molar-refractivity contribution in [3.8, 4) is 0 Å². The van der Waals surface area contributed by atoms with E-state index in [-0.39, 0.29) is 11.4 Å². The third-order valence-corrected chi connectivity index (χ3v) is 2.26. The van der Waals surface area contributed by atoms with Crippen molar-refractivity contribution in [3.05, 3.63) is 30.1 Å². The summed E-state index contributed by atoms with van der Waals surface area (Å²) in [4.78, 5) is 15.4. The van der Waals surface area contributed by atoms with Gasteiger partial charge >= 0.3 is 0 Å². The van der Waals surface area contributed by atoms with E-state index in [9.17, 15) is 4.79 Å². The van der Waals surface area contributed by atoms with Gasteiger partial charge < -0.3 is 10.6 Å². The van der Waals surface area contributed by atoms with Crippen molar-refractivity contribution in [2.24, 2.45) is 0 Å². The van der Waals surface area contributed by atoms with Crippen LogP contribution in [0.3, 0.4) is 0 Å². The Morgan fingerprint density at radius 2 is 1.94 bits per heavy atom. The standard InChI is InChI=1S/C13H21N3O/c1-13(2,3)16-10-12(17)15-9-6-11-4-7-14-8-5-11/h4-5,7-8,16H,6,9-10H2,1-3H3,(H,15,17). The summed E-state index contributed by atoms with van der Waals surface area (Å²) in [6, 6.07) is 3.92. The van der Waals surface area contributed by atoms with Gasteiger partial charge in [-0.2, -0.15) is 0 Å². The van der Waals surface area contributed by atoms with Crippen LogP contribution in [0.4, 0.5) is 0 Å². The Balaban J connectivity index is 2.17. The average Bonchev–Trinajstić information content (AvgIpc) is 2.27. The molecular weight excluding hydrogens is 214 g/mol. The molecule has 1 aromatic heterocycles. The van der Waals surface area contributed by atoms with E-state index in [0.29, 0.717) is 13.1 Å². The van der Waals surface area contributed by atoms with E-state index >= 15 is 0 Å². The van der Waals surface area contributed by atoms with E-state index in [1.54, 1.807) is 12.4 Å². The van der Waals surface area contributed by atoms with Gasteiger partial charge in [0.05, 0.1) is 6.54 Å². The lowest BCUT2D eigenvalue weighted by molar-refractivity contribution is -0.120. The number of hydrogen-bond donors (Lipinski definition) is 2. The summed E-state index contributed by atoms with van der Waals surface area (Å²) in [7, 11) is 0. The van der Waals surface area contributed by atoms with E-state index in [1.807, 2.05) is 32.9 Å². The molecule has 1 heterocycles. The van der Waals surface area contributed by atoms with E-state index in [0.717, 1.165) is 6.42 Å². The van der Waals surface area contributed by atoms with Gasteiger partial charge in [0.2, 0.25) is 5.91 Å². The first-order chi connectivity index (χ1) is 7.97. The van der Waals surface area contributed by atoms with E-state index < -0.39 is 0 Å². The number of carbonyl (C=O) groups excluding carboxylic acids is 1. The van der Waals surface area contributed by atoms with Crippen LogP contribution in [-0.2, 0) is 11.2 Å². The molecule has 0 saturated heterocycles. The second kappa shape index (κ2) is 6.35. The number of carbonyl (C=O) groups is 1. The molecule has 0 bridgehead atoms. The summed E-state index contributed by atoms with van der Waals surface area (Å²) in [6.07, 6.45) is 4.36. The van der Waals surface area contributed by atoms with Crippen LogP contribution in [0.1, 0.15) is 26.3 Å². The van der Waals surface area contributed by atoms with Gasteiger partial charge in [-0.1, -0.05) is 0 Å². The SMILES string of the molecule is CC(C)(C)NCC(=O)NCCc1ccncc1. The van der Waals surface area contributed by atoms with Crippen molar-refractivity contribution in [2.75, 3.05) is 13.1 Å². The largest absolute Gasteiger partial charge is 0.355 e. The Hall–Kier alpha value is -1.42. The van der Waals surface area contributed by atoms with Crippen LogP contribution in [0, 0.1) is 0 Å². The summed E-state index contributed by atoms with van der Waals surface area (Å²) in [5.41, 5.74) is 1.16. The van der Waals surface area contributed by atoms with Gasteiger partial charge in [0.25, 0.3) is 0 Å². The highest BCUT2D eigenvalue weighted by molar-refractivity contribution is 5.78. The number of amides is 1. The van der Waals surface area contributed by atoms with Crippen LogP contribution in [0.25, 0.3) is 0 Å². The predicted octanol–water partition coefficient (Wildman–Crippen LogP) is 1.13.